The highest BCUT2D eigenvalue weighted by Crippen LogP contribution is 2.33. The maximum Gasteiger partial charge on any atom is 0.328 e. The van der Waals surface area contributed by atoms with Crippen LogP contribution in [0.5, 0.6) is 5.75 Å². The van der Waals surface area contributed by atoms with Crippen molar-refractivity contribution in [1.82, 2.24) is 9.13 Å². The molecular weight excluding hydrogens is 254 g/mol. The average Bonchev–Trinajstić information content (AvgIpc) is 3.25. The number of nitrogens with zero attached hydrogens (tertiary/aromatic N) is 2. The zero-order valence-electron chi connectivity index (χ0n) is 11.6. The molecule has 2 aromatic rings. The molecule has 0 bridgehead atoms. The molecule has 2 N–H and O–H groups in total. The lowest BCUT2D eigenvalue weighted by molar-refractivity contribution is 0.409. The van der Waals surface area contributed by atoms with E-state index in [1.54, 1.807) is 11.7 Å². The van der Waals surface area contributed by atoms with Crippen LogP contribution < -0.4 is 16.2 Å². The van der Waals surface area contributed by atoms with E-state index in [-0.39, 0.29) is 5.69 Å². The molecule has 0 atom stereocenters. The van der Waals surface area contributed by atoms with E-state index >= 15 is 0 Å². The number of methoxy groups -OCH3 is 1. The first-order valence-corrected chi connectivity index (χ1v) is 6.86. The van der Waals surface area contributed by atoms with Crippen LogP contribution in [0.3, 0.4) is 0 Å². The van der Waals surface area contributed by atoms with Crippen LogP contribution >= 0.6 is 0 Å². The lowest BCUT2D eigenvalue weighted by atomic mass is 10.1. The zero-order chi connectivity index (χ0) is 14.1. The van der Waals surface area contributed by atoms with E-state index in [4.69, 9.17) is 10.5 Å². The maximum absolute atomic E-state index is 12.2. The fourth-order valence-electron chi connectivity index (χ4n) is 2.47. The van der Waals surface area contributed by atoms with Crippen LogP contribution in [0.25, 0.3) is 0 Å². The third-order valence-electron chi connectivity index (χ3n) is 3.73. The third kappa shape index (κ3) is 2.36. The van der Waals surface area contributed by atoms with Gasteiger partial charge in [-0.3, -0.25) is 9.13 Å². The van der Waals surface area contributed by atoms with Gasteiger partial charge in [0.1, 0.15) is 5.75 Å². The van der Waals surface area contributed by atoms with Crippen LogP contribution in [-0.4, -0.2) is 16.2 Å². The Hall–Kier alpha value is -2.01. The van der Waals surface area contributed by atoms with Gasteiger partial charge in [-0.1, -0.05) is 6.07 Å². The molecule has 1 aliphatic rings. The van der Waals surface area contributed by atoms with Crippen LogP contribution in [0, 0.1) is 0 Å². The summed E-state index contributed by atoms with van der Waals surface area (Å²) in [4.78, 5) is 12.2. The van der Waals surface area contributed by atoms with Crippen molar-refractivity contribution in [3.8, 4) is 5.75 Å². The van der Waals surface area contributed by atoms with Gasteiger partial charge in [-0.25, -0.2) is 4.79 Å². The summed E-state index contributed by atoms with van der Waals surface area (Å²) in [6.45, 7) is 0.991. The second kappa shape index (κ2) is 5.17. The molecule has 3 rings (SSSR count). The first-order valence-electron chi connectivity index (χ1n) is 6.86. The van der Waals surface area contributed by atoms with Crippen molar-refractivity contribution in [1.29, 1.82) is 0 Å². The Bertz CT molecular complexity index is 668. The van der Waals surface area contributed by atoms with Crippen LogP contribution in [-0.2, 0) is 13.1 Å². The van der Waals surface area contributed by atoms with E-state index in [9.17, 15) is 4.79 Å². The molecule has 5 heteroatoms. The Morgan fingerprint density at radius 2 is 2.15 bits per heavy atom. The number of benzene rings is 1. The molecule has 0 saturated heterocycles. The standard InChI is InChI=1S/C15H19N3O2/c1-20-14-5-2-11(8-12(14)9-16)10-17-6-7-18(15(17)19)13-3-4-13/h2,5-8,13H,3-4,9-10,16H2,1H3. The summed E-state index contributed by atoms with van der Waals surface area (Å²) in [5.74, 6) is 0.791. The van der Waals surface area contributed by atoms with Gasteiger partial charge >= 0.3 is 5.69 Å². The summed E-state index contributed by atoms with van der Waals surface area (Å²) in [6.07, 6.45) is 5.97. The molecule has 0 amide bonds. The van der Waals surface area contributed by atoms with Crippen LogP contribution in [0.4, 0.5) is 0 Å². The number of hydrogen-bond acceptors (Lipinski definition) is 3. The van der Waals surface area contributed by atoms with Crippen LogP contribution in [0.1, 0.15) is 30.0 Å². The van der Waals surface area contributed by atoms with Gasteiger partial charge in [0.15, 0.2) is 0 Å². The van der Waals surface area contributed by atoms with E-state index in [0.717, 1.165) is 29.7 Å². The highest BCUT2D eigenvalue weighted by Gasteiger charge is 2.25. The molecule has 0 aliphatic heterocycles. The molecule has 0 radical (unpaired) electrons. The summed E-state index contributed by atoms with van der Waals surface area (Å²) in [5.41, 5.74) is 7.80. The molecule has 20 heavy (non-hydrogen) atoms. The normalized spacial score (nSPS) is 14.5. The van der Waals surface area contributed by atoms with E-state index in [0.29, 0.717) is 19.1 Å². The van der Waals surface area contributed by atoms with E-state index in [2.05, 4.69) is 0 Å². The van der Waals surface area contributed by atoms with Gasteiger partial charge in [-0.15, -0.1) is 0 Å². The summed E-state index contributed by atoms with van der Waals surface area (Å²) in [7, 11) is 1.63. The molecule has 1 fully saturated rings. The number of hydrogen-bond donors (Lipinski definition) is 1. The first-order chi connectivity index (χ1) is 9.72. The van der Waals surface area contributed by atoms with Crippen LogP contribution in [0.15, 0.2) is 35.4 Å². The third-order valence-corrected chi connectivity index (χ3v) is 3.73. The molecular formula is C15H19N3O2. The molecule has 106 valence electrons. The number of nitrogens with two attached hydrogens (primary N) is 1. The summed E-state index contributed by atoms with van der Waals surface area (Å²) >= 11 is 0. The van der Waals surface area contributed by atoms with E-state index in [1.165, 1.54) is 0 Å². The van der Waals surface area contributed by atoms with E-state index in [1.807, 2.05) is 35.2 Å². The van der Waals surface area contributed by atoms with Crippen molar-refractivity contribution < 1.29 is 4.74 Å². The molecule has 5 nitrogen and oxygen atoms in total. The number of rotatable bonds is 5. The first kappa shape index (κ1) is 13.0. The molecule has 1 saturated carbocycles. The second-order valence-electron chi connectivity index (χ2n) is 5.20. The number of imidazole rings is 1. The maximum atomic E-state index is 12.2. The van der Waals surface area contributed by atoms with E-state index < -0.39 is 0 Å². The van der Waals surface area contributed by atoms with Gasteiger partial charge in [-0.2, -0.15) is 0 Å². The zero-order valence-corrected chi connectivity index (χ0v) is 11.6. The molecule has 1 heterocycles. The topological polar surface area (TPSA) is 62.2 Å². The summed E-state index contributed by atoms with van der Waals surface area (Å²) < 4.78 is 8.82. The minimum Gasteiger partial charge on any atom is -0.496 e. The molecule has 0 unspecified atom stereocenters. The Labute approximate surface area is 117 Å². The highest BCUT2D eigenvalue weighted by molar-refractivity contribution is 5.37. The van der Waals surface area contributed by atoms with Gasteiger partial charge in [-0.05, 0) is 30.5 Å². The molecule has 1 aromatic carbocycles. The number of aromatic nitrogens is 2. The monoisotopic (exact) mass is 273 g/mol. The molecule has 0 spiro atoms. The Morgan fingerprint density at radius 3 is 2.80 bits per heavy atom. The Morgan fingerprint density at radius 1 is 1.35 bits per heavy atom. The van der Waals surface area contributed by atoms with Gasteiger partial charge in [0.25, 0.3) is 0 Å². The summed E-state index contributed by atoms with van der Waals surface area (Å²) in [6, 6.07) is 6.29. The van der Waals surface area contributed by atoms with Crippen molar-refractivity contribution in [2.45, 2.75) is 32.0 Å². The number of ether oxygens (including phenoxy) is 1. The minimum absolute atomic E-state index is 0.0672. The SMILES string of the molecule is COc1ccc(Cn2ccn(C3CC3)c2=O)cc1CN. The Kier molecular flexibility index (Phi) is 3.36. The van der Waals surface area contributed by atoms with Crippen LogP contribution in [0.2, 0.25) is 0 Å². The molecule has 1 aliphatic carbocycles. The predicted molar refractivity (Wildman–Crippen MR) is 77.0 cm³/mol. The lowest BCUT2D eigenvalue weighted by Crippen LogP contribution is -2.23. The fourth-order valence-corrected chi connectivity index (χ4v) is 2.47. The smallest absolute Gasteiger partial charge is 0.328 e. The van der Waals surface area contributed by atoms with Gasteiger partial charge < -0.3 is 10.5 Å². The highest BCUT2D eigenvalue weighted by atomic mass is 16.5. The fraction of sp³-hybridized carbons (Fsp3) is 0.400. The van der Waals surface area contributed by atoms with Gasteiger partial charge in [0.2, 0.25) is 0 Å². The van der Waals surface area contributed by atoms with Crippen molar-refractivity contribution in [2.24, 2.45) is 5.73 Å². The largest absolute Gasteiger partial charge is 0.496 e. The molecule has 1 aromatic heterocycles. The van der Waals surface area contributed by atoms with Crippen molar-refractivity contribution in [3.05, 3.63) is 52.2 Å². The predicted octanol–water partition coefficient (Wildman–Crippen LogP) is 1.50. The summed E-state index contributed by atoms with van der Waals surface area (Å²) in [5, 5.41) is 0. The Balaban J connectivity index is 1.85. The lowest BCUT2D eigenvalue weighted by Gasteiger charge is -2.09. The van der Waals surface area contributed by atoms with Gasteiger partial charge in [0.05, 0.1) is 13.7 Å². The van der Waals surface area contributed by atoms with Crippen molar-refractivity contribution in [3.63, 3.8) is 0 Å². The minimum atomic E-state index is 0.0672. The second-order valence-corrected chi connectivity index (χ2v) is 5.20. The average molecular weight is 273 g/mol. The van der Waals surface area contributed by atoms with Crippen molar-refractivity contribution in [2.75, 3.05) is 7.11 Å². The quantitative estimate of drug-likeness (QED) is 0.898. The van der Waals surface area contributed by atoms with Crippen molar-refractivity contribution >= 4 is 0 Å². The van der Waals surface area contributed by atoms with Gasteiger partial charge in [0, 0.05) is 30.5 Å².